The maximum atomic E-state index is 9.35. The Kier molecular flexibility index (Phi) is 7.15. The van der Waals surface area contributed by atoms with Gasteiger partial charge in [-0.25, -0.2) is 0 Å². The molecule has 0 rings (SSSR count). The average molecular weight is 203 g/mol. The van der Waals surface area contributed by atoms with Gasteiger partial charge in [-0.1, -0.05) is 13.8 Å². The molecule has 0 aliphatic carbocycles. The number of nitrogens with one attached hydrogen (secondary N) is 1. The van der Waals surface area contributed by atoms with Crippen molar-refractivity contribution >= 4 is 0 Å². The number of aliphatic hydroxyl groups is 1. The fourth-order valence-corrected chi connectivity index (χ4v) is 1.48. The SMILES string of the molecule is CCC(CC)(CO)CNC(C)COC. The molecule has 0 fully saturated rings. The van der Waals surface area contributed by atoms with Crippen LogP contribution in [0.5, 0.6) is 0 Å². The Balaban J connectivity index is 3.92. The summed E-state index contributed by atoms with van der Waals surface area (Å²) in [5, 5.41) is 12.7. The second-order valence-electron chi connectivity index (χ2n) is 4.10. The van der Waals surface area contributed by atoms with Gasteiger partial charge in [-0.15, -0.1) is 0 Å². The zero-order valence-corrected chi connectivity index (χ0v) is 9.97. The second kappa shape index (κ2) is 7.21. The number of hydrogen-bond donors (Lipinski definition) is 2. The zero-order valence-electron chi connectivity index (χ0n) is 9.97. The normalized spacial score (nSPS) is 14.4. The van der Waals surface area contributed by atoms with E-state index in [1.54, 1.807) is 7.11 Å². The minimum absolute atomic E-state index is 0.0437. The van der Waals surface area contributed by atoms with Gasteiger partial charge >= 0.3 is 0 Å². The highest BCUT2D eigenvalue weighted by molar-refractivity contribution is 4.79. The minimum Gasteiger partial charge on any atom is -0.396 e. The van der Waals surface area contributed by atoms with Crippen molar-refractivity contribution in [2.24, 2.45) is 5.41 Å². The molecule has 0 aromatic carbocycles. The number of methoxy groups -OCH3 is 1. The van der Waals surface area contributed by atoms with E-state index in [2.05, 4.69) is 26.1 Å². The molecule has 0 saturated heterocycles. The summed E-state index contributed by atoms with van der Waals surface area (Å²) in [6, 6.07) is 0.351. The van der Waals surface area contributed by atoms with Gasteiger partial charge in [0.1, 0.15) is 0 Å². The lowest BCUT2D eigenvalue weighted by molar-refractivity contribution is 0.101. The number of rotatable bonds is 8. The molecule has 86 valence electrons. The molecule has 0 heterocycles. The second-order valence-corrected chi connectivity index (χ2v) is 4.10. The van der Waals surface area contributed by atoms with E-state index in [0.717, 1.165) is 26.0 Å². The molecule has 1 atom stereocenters. The van der Waals surface area contributed by atoms with Crippen LogP contribution in [0.15, 0.2) is 0 Å². The van der Waals surface area contributed by atoms with Crippen molar-refractivity contribution in [3.8, 4) is 0 Å². The van der Waals surface area contributed by atoms with Gasteiger partial charge in [0.05, 0.1) is 6.61 Å². The Morgan fingerprint density at radius 2 is 1.93 bits per heavy atom. The van der Waals surface area contributed by atoms with E-state index in [-0.39, 0.29) is 12.0 Å². The largest absolute Gasteiger partial charge is 0.396 e. The fourth-order valence-electron chi connectivity index (χ4n) is 1.48. The highest BCUT2D eigenvalue weighted by Crippen LogP contribution is 2.24. The Morgan fingerprint density at radius 1 is 1.36 bits per heavy atom. The lowest BCUT2D eigenvalue weighted by Gasteiger charge is -2.31. The first-order valence-corrected chi connectivity index (χ1v) is 5.47. The number of aliphatic hydroxyl groups excluding tert-OH is 1. The first-order valence-electron chi connectivity index (χ1n) is 5.47. The van der Waals surface area contributed by atoms with E-state index < -0.39 is 0 Å². The topological polar surface area (TPSA) is 41.5 Å². The summed E-state index contributed by atoms with van der Waals surface area (Å²) < 4.78 is 5.04. The molecule has 14 heavy (non-hydrogen) atoms. The van der Waals surface area contributed by atoms with Crippen molar-refractivity contribution in [3.05, 3.63) is 0 Å². The minimum atomic E-state index is 0.0437. The Bertz CT molecular complexity index is 127. The molecule has 0 saturated carbocycles. The summed E-state index contributed by atoms with van der Waals surface area (Å²) in [4.78, 5) is 0. The van der Waals surface area contributed by atoms with E-state index in [1.165, 1.54) is 0 Å². The molecule has 0 aromatic heterocycles. The van der Waals surface area contributed by atoms with Gasteiger partial charge in [0.25, 0.3) is 0 Å². The molecule has 0 bridgehead atoms. The third-order valence-corrected chi connectivity index (χ3v) is 3.08. The smallest absolute Gasteiger partial charge is 0.0613 e. The van der Waals surface area contributed by atoms with Crippen LogP contribution in [0, 0.1) is 5.41 Å². The van der Waals surface area contributed by atoms with Crippen molar-refractivity contribution in [3.63, 3.8) is 0 Å². The summed E-state index contributed by atoms with van der Waals surface area (Å²) in [5.74, 6) is 0. The van der Waals surface area contributed by atoms with Crippen molar-refractivity contribution in [2.75, 3.05) is 26.9 Å². The highest BCUT2D eigenvalue weighted by Gasteiger charge is 2.25. The van der Waals surface area contributed by atoms with Gasteiger partial charge in [0.2, 0.25) is 0 Å². The van der Waals surface area contributed by atoms with Gasteiger partial charge in [-0.05, 0) is 19.8 Å². The van der Waals surface area contributed by atoms with Gasteiger partial charge in [-0.2, -0.15) is 0 Å². The van der Waals surface area contributed by atoms with Crippen LogP contribution in [-0.2, 0) is 4.74 Å². The molecule has 3 nitrogen and oxygen atoms in total. The average Bonchev–Trinajstić information content (AvgIpc) is 2.21. The molecule has 0 radical (unpaired) electrons. The highest BCUT2D eigenvalue weighted by atomic mass is 16.5. The van der Waals surface area contributed by atoms with Crippen LogP contribution in [0.1, 0.15) is 33.6 Å². The maximum Gasteiger partial charge on any atom is 0.0613 e. The van der Waals surface area contributed by atoms with Gasteiger partial charge in [0, 0.05) is 31.7 Å². The van der Waals surface area contributed by atoms with E-state index in [1.807, 2.05) is 0 Å². The molecular weight excluding hydrogens is 178 g/mol. The van der Waals surface area contributed by atoms with Gasteiger partial charge in [-0.3, -0.25) is 0 Å². The quantitative estimate of drug-likeness (QED) is 0.627. The third kappa shape index (κ3) is 4.40. The maximum absolute atomic E-state index is 9.35. The summed E-state index contributed by atoms with van der Waals surface area (Å²) in [7, 11) is 1.71. The molecule has 0 aromatic rings. The summed E-state index contributed by atoms with van der Waals surface area (Å²) in [6.45, 7) is 8.18. The lowest BCUT2D eigenvalue weighted by atomic mass is 9.83. The van der Waals surface area contributed by atoms with Gasteiger partial charge in [0.15, 0.2) is 0 Å². The Morgan fingerprint density at radius 3 is 2.29 bits per heavy atom. The van der Waals surface area contributed by atoms with Crippen LogP contribution in [0.4, 0.5) is 0 Å². The van der Waals surface area contributed by atoms with Crippen LogP contribution >= 0.6 is 0 Å². The Labute approximate surface area is 87.8 Å². The zero-order chi connectivity index (χ0) is 11.0. The summed E-state index contributed by atoms with van der Waals surface area (Å²) >= 11 is 0. The third-order valence-electron chi connectivity index (χ3n) is 3.08. The lowest BCUT2D eigenvalue weighted by Crippen LogP contribution is -2.41. The van der Waals surface area contributed by atoms with Crippen molar-refractivity contribution in [2.45, 2.75) is 39.7 Å². The van der Waals surface area contributed by atoms with Crippen LogP contribution in [0.3, 0.4) is 0 Å². The van der Waals surface area contributed by atoms with E-state index in [4.69, 9.17) is 4.74 Å². The molecule has 1 unspecified atom stereocenters. The molecule has 0 amide bonds. The Hall–Kier alpha value is -0.120. The molecule has 0 spiro atoms. The molecule has 3 heteroatoms. The molecule has 0 aliphatic rings. The monoisotopic (exact) mass is 203 g/mol. The van der Waals surface area contributed by atoms with E-state index >= 15 is 0 Å². The van der Waals surface area contributed by atoms with Crippen LogP contribution < -0.4 is 5.32 Å². The first kappa shape index (κ1) is 13.9. The first-order chi connectivity index (χ1) is 6.64. The molecule has 2 N–H and O–H groups in total. The predicted molar refractivity (Wildman–Crippen MR) is 59.4 cm³/mol. The van der Waals surface area contributed by atoms with Gasteiger partial charge < -0.3 is 15.2 Å². The summed E-state index contributed by atoms with van der Waals surface area (Å²) in [6.07, 6.45) is 2.01. The number of ether oxygens (including phenoxy) is 1. The van der Waals surface area contributed by atoms with Crippen LogP contribution in [0.2, 0.25) is 0 Å². The predicted octanol–water partition coefficient (Wildman–Crippen LogP) is 1.41. The van der Waals surface area contributed by atoms with Crippen LogP contribution in [-0.4, -0.2) is 38.0 Å². The van der Waals surface area contributed by atoms with Crippen molar-refractivity contribution < 1.29 is 9.84 Å². The van der Waals surface area contributed by atoms with E-state index in [0.29, 0.717) is 6.04 Å². The fraction of sp³-hybridized carbons (Fsp3) is 1.00. The van der Waals surface area contributed by atoms with Crippen molar-refractivity contribution in [1.82, 2.24) is 5.32 Å². The number of hydrogen-bond acceptors (Lipinski definition) is 3. The standard InChI is InChI=1S/C11H25NO2/c1-5-11(6-2,9-13)8-12-10(3)7-14-4/h10,12-13H,5-9H2,1-4H3. The van der Waals surface area contributed by atoms with E-state index in [9.17, 15) is 5.11 Å². The molecule has 0 aliphatic heterocycles. The summed E-state index contributed by atoms with van der Waals surface area (Å²) in [5.41, 5.74) is 0.0437. The van der Waals surface area contributed by atoms with Crippen LogP contribution in [0.25, 0.3) is 0 Å². The molecular formula is C11H25NO2. The van der Waals surface area contributed by atoms with Crippen molar-refractivity contribution in [1.29, 1.82) is 0 Å².